The van der Waals surface area contributed by atoms with Crippen LogP contribution in [-0.2, 0) is 25.9 Å². The molecule has 2 aromatic heterocycles. The van der Waals surface area contributed by atoms with E-state index in [2.05, 4.69) is 9.97 Å². The molecular weight excluding hydrogens is 460 g/mol. The molecule has 2 aromatic carbocycles. The van der Waals surface area contributed by atoms with E-state index in [1.807, 2.05) is 6.07 Å². The zero-order valence-corrected chi connectivity index (χ0v) is 19.8. The second-order valence-corrected chi connectivity index (χ2v) is 9.58. The van der Waals surface area contributed by atoms with Crippen molar-refractivity contribution in [2.75, 3.05) is 19.5 Å². The number of hydrogen-bond acceptors (Lipinski definition) is 8. The molecule has 0 saturated carbocycles. The molecule has 34 heavy (non-hydrogen) atoms. The molecule has 10 heteroatoms. The largest absolute Gasteiger partial charge is 0.515 e. The van der Waals surface area contributed by atoms with E-state index in [0.29, 0.717) is 16.8 Å². The van der Waals surface area contributed by atoms with Crippen LogP contribution in [0.25, 0.3) is 21.8 Å². The summed E-state index contributed by atoms with van der Waals surface area (Å²) in [5, 5.41) is 1.51. The second-order valence-electron chi connectivity index (χ2n) is 7.33. The molecular formula is C24H24N2O7S. The van der Waals surface area contributed by atoms with Crippen LogP contribution in [0.5, 0.6) is 17.4 Å². The Morgan fingerprint density at radius 1 is 1.09 bits per heavy atom. The number of methoxy groups -OCH3 is 1. The van der Waals surface area contributed by atoms with Crippen molar-refractivity contribution in [2.24, 2.45) is 0 Å². The minimum Gasteiger partial charge on any atom is -0.456 e. The second kappa shape index (κ2) is 9.70. The number of sulfone groups is 1. The quantitative estimate of drug-likeness (QED) is 0.348. The van der Waals surface area contributed by atoms with Crippen molar-refractivity contribution in [3.8, 4) is 17.4 Å². The van der Waals surface area contributed by atoms with Gasteiger partial charge in [0, 0.05) is 23.4 Å². The SMILES string of the molecule is CCOC(=O)Oc1ncc2[nH]c3ccc(Oc4ccccc4S(=O)(=O)CC)cc3c2c1COC. The average molecular weight is 485 g/mol. The maximum Gasteiger partial charge on any atom is 0.515 e. The molecule has 0 aliphatic carbocycles. The topological polar surface area (TPSA) is 117 Å². The molecule has 4 aromatic rings. The number of nitrogens with zero attached hydrogens (tertiary/aromatic N) is 1. The van der Waals surface area contributed by atoms with Gasteiger partial charge in [0.15, 0.2) is 9.84 Å². The standard InChI is InChI=1S/C24H24N2O7S/c1-4-31-24(27)33-23-17(14-30-3)22-16-12-15(10-11-18(16)26-19(22)13-25-23)32-20-8-6-7-9-21(20)34(28,29)5-2/h6-13,26H,4-5,14H2,1-3H3. The summed E-state index contributed by atoms with van der Waals surface area (Å²) < 4.78 is 46.5. The maximum atomic E-state index is 12.5. The first-order valence-electron chi connectivity index (χ1n) is 10.6. The number of H-pyrrole nitrogens is 1. The van der Waals surface area contributed by atoms with Crippen molar-refractivity contribution in [2.45, 2.75) is 25.3 Å². The summed E-state index contributed by atoms with van der Waals surface area (Å²) >= 11 is 0. The number of nitrogens with one attached hydrogen (secondary N) is 1. The van der Waals surface area contributed by atoms with Crippen LogP contribution in [0.4, 0.5) is 4.79 Å². The smallest absolute Gasteiger partial charge is 0.456 e. The fourth-order valence-corrected chi connectivity index (χ4v) is 4.66. The Morgan fingerprint density at radius 2 is 1.88 bits per heavy atom. The molecule has 178 valence electrons. The summed E-state index contributed by atoms with van der Waals surface area (Å²) in [6.45, 7) is 3.57. The van der Waals surface area contributed by atoms with Gasteiger partial charge in [0.1, 0.15) is 16.4 Å². The summed E-state index contributed by atoms with van der Waals surface area (Å²) in [5.41, 5.74) is 2.07. The van der Waals surface area contributed by atoms with Gasteiger partial charge in [0.25, 0.3) is 0 Å². The lowest BCUT2D eigenvalue weighted by Gasteiger charge is -2.12. The van der Waals surface area contributed by atoms with E-state index >= 15 is 0 Å². The summed E-state index contributed by atoms with van der Waals surface area (Å²) in [7, 11) is -1.94. The molecule has 1 N–H and O–H groups in total. The molecule has 0 saturated heterocycles. The van der Waals surface area contributed by atoms with Crippen molar-refractivity contribution in [3.05, 3.63) is 54.2 Å². The number of para-hydroxylation sites is 1. The predicted molar refractivity (Wildman–Crippen MR) is 126 cm³/mol. The van der Waals surface area contributed by atoms with Gasteiger partial charge in [-0.3, -0.25) is 0 Å². The van der Waals surface area contributed by atoms with Gasteiger partial charge < -0.3 is 23.9 Å². The van der Waals surface area contributed by atoms with Gasteiger partial charge in [-0.05, 0) is 37.3 Å². The Kier molecular flexibility index (Phi) is 6.71. The lowest BCUT2D eigenvalue weighted by molar-refractivity contribution is 0.101. The molecule has 0 amide bonds. The molecule has 0 spiro atoms. The Labute approximate surface area is 196 Å². The van der Waals surface area contributed by atoms with E-state index in [-0.39, 0.29) is 35.5 Å². The number of pyridine rings is 1. The highest BCUT2D eigenvalue weighted by Gasteiger charge is 2.20. The number of ether oxygens (including phenoxy) is 4. The third kappa shape index (κ3) is 4.55. The molecule has 0 aliphatic rings. The van der Waals surface area contributed by atoms with E-state index in [1.165, 1.54) is 13.2 Å². The monoisotopic (exact) mass is 484 g/mol. The summed E-state index contributed by atoms with van der Waals surface area (Å²) in [5.74, 6) is 0.735. The highest BCUT2D eigenvalue weighted by atomic mass is 32.2. The number of aromatic nitrogens is 2. The Hall–Kier alpha value is -3.63. The van der Waals surface area contributed by atoms with Crippen molar-refractivity contribution in [1.29, 1.82) is 0 Å². The molecule has 0 atom stereocenters. The van der Waals surface area contributed by atoms with Gasteiger partial charge in [-0.25, -0.2) is 18.2 Å². The number of benzene rings is 2. The lowest BCUT2D eigenvalue weighted by Crippen LogP contribution is -2.12. The lowest BCUT2D eigenvalue weighted by atomic mass is 10.1. The van der Waals surface area contributed by atoms with Gasteiger partial charge in [-0.1, -0.05) is 19.1 Å². The van der Waals surface area contributed by atoms with E-state index in [0.717, 1.165) is 16.3 Å². The fourth-order valence-electron chi connectivity index (χ4n) is 3.65. The predicted octanol–water partition coefficient (Wildman–Crippen LogP) is 4.98. The number of carbonyl (C=O) groups is 1. The van der Waals surface area contributed by atoms with Crippen LogP contribution in [0.1, 0.15) is 19.4 Å². The summed E-state index contributed by atoms with van der Waals surface area (Å²) in [6, 6.07) is 11.9. The van der Waals surface area contributed by atoms with Crippen molar-refractivity contribution in [1.82, 2.24) is 9.97 Å². The van der Waals surface area contributed by atoms with Crippen LogP contribution in [-0.4, -0.2) is 44.0 Å². The van der Waals surface area contributed by atoms with E-state index in [1.54, 1.807) is 50.4 Å². The molecule has 0 aliphatic heterocycles. The normalized spacial score (nSPS) is 11.6. The zero-order valence-electron chi connectivity index (χ0n) is 19.0. The number of aromatic amines is 1. The van der Waals surface area contributed by atoms with Crippen molar-refractivity contribution < 1.29 is 32.2 Å². The van der Waals surface area contributed by atoms with Gasteiger partial charge in [0.2, 0.25) is 5.88 Å². The Balaban J connectivity index is 1.82. The molecule has 2 heterocycles. The molecule has 4 rings (SSSR count). The molecule has 0 fully saturated rings. The third-order valence-electron chi connectivity index (χ3n) is 5.19. The van der Waals surface area contributed by atoms with Crippen LogP contribution < -0.4 is 9.47 Å². The van der Waals surface area contributed by atoms with Crippen LogP contribution in [0.2, 0.25) is 0 Å². The average Bonchev–Trinajstić information content (AvgIpc) is 3.19. The van der Waals surface area contributed by atoms with Crippen LogP contribution in [0.3, 0.4) is 0 Å². The summed E-state index contributed by atoms with van der Waals surface area (Å²) in [4.78, 5) is 19.6. The first-order chi connectivity index (χ1) is 16.4. The molecule has 0 unspecified atom stereocenters. The Morgan fingerprint density at radius 3 is 2.62 bits per heavy atom. The van der Waals surface area contributed by atoms with Gasteiger partial charge in [-0.15, -0.1) is 0 Å². The third-order valence-corrected chi connectivity index (χ3v) is 6.96. The van der Waals surface area contributed by atoms with Crippen LogP contribution in [0, 0.1) is 0 Å². The number of hydrogen-bond donors (Lipinski definition) is 1. The molecule has 0 bridgehead atoms. The number of rotatable bonds is 8. The van der Waals surface area contributed by atoms with E-state index in [4.69, 9.17) is 18.9 Å². The zero-order chi connectivity index (χ0) is 24.3. The minimum absolute atomic E-state index is 0.0362. The van der Waals surface area contributed by atoms with Gasteiger partial charge in [0.05, 0.1) is 36.2 Å². The van der Waals surface area contributed by atoms with Crippen LogP contribution >= 0.6 is 0 Å². The van der Waals surface area contributed by atoms with Crippen molar-refractivity contribution in [3.63, 3.8) is 0 Å². The first kappa shape index (κ1) is 23.5. The number of carbonyl (C=O) groups excluding carboxylic acids is 1. The molecule has 0 radical (unpaired) electrons. The highest BCUT2D eigenvalue weighted by molar-refractivity contribution is 7.91. The summed E-state index contributed by atoms with van der Waals surface area (Å²) in [6.07, 6.45) is 0.705. The van der Waals surface area contributed by atoms with Crippen molar-refractivity contribution >= 4 is 37.8 Å². The van der Waals surface area contributed by atoms with Gasteiger partial charge >= 0.3 is 6.16 Å². The molecule has 9 nitrogen and oxygen atoms in total. The number of fused-ring (bicyclic) bond motifs is 3. The fraction of sp³-hybridized carbons (Fsp3) is 0.250. The van der Waals surface area contributed by atoms with E-state index in [9.17, 15) is 13.2 Å². The maximum absolute atomic E-state index is 12.5. The first-order valence-corrected chi connectivity index (χ1v) is 12.3. The van der Waals surface area contributed by atoms with Gasteiger partial charge in [-0.2, -0.15) is 0 Å². The Bertz CT molecular complexity index is 1460. The van der Waals surface area contributed by atoms with E-state index < -0.39 is 16.0 Å². The minimum atomic E-state index is -3.47. The highest BCUT2D eigenvalue weighted by Crippen LogP contribution is 2.37. The van der Waals surface area contributed by atoms with Crippen LogP contribution in [0.15, 0.2) is 53.6 Å².